The molecule has 2 nitrogen and oxygen atoms in total. The molecule has 0 aromatic rings. The first-order chi connectivity index (χ1) is 7.00. The number of hydrogen-bond donors (Lipinski definition) is 1. The number of hydrogen-bond acceptors (Lipinski definition) is 2. The Morgan fingerprint density at radius 3 is 2.27 bits per heavy atom. The van der Waals surface area contributed by atoms with Gasteiger partial charge in [0.25, 0.3) is 0 Å². The van der Waals surface area contributed by atoms with E-state index in [0.717, 1.165) is 19.4 Å². The normalized spacial score (nSPS) is 19.6. The van der Waals surface area contributed by atoms with Crippen LogP contribution in [0.1, 0.15) is 60.3 Å². The van der Waals surface area contributed by atoms with Crippen molar-refractivity contribution in [3.8, 4) is 0 Å². The SMILES string of the molecule is CCCC(C)CC(N)C(C)(CC)OCC. The molecular formula is C13H29NO. The summed E-state index contributed by atoms with van der Waals surface area (Å²) in [6.07, 6.45) is 4.56. The number of ether oxygens (including phenoxy) is 1. The van der Waals surface area contributed by atoms with Crippen LogP contribution in [0.25, 0.3) is 0 Å². The lowest BCUT2D eigenvalue weighted by Crippen LogP contribution is -2.48. The van der Waals surface area contributed by atoms with Gasteiger partial charge in [-0.05, 0) is 32.6 Å². The standard InChI is InChI=1S/C13H29NO/c1-6-9-11(4)10-12(14)13(5,7-2)15-8-3/h11-12H,6-10,14H2,1-5H3. The summed E-state index contributed by atoms with van der Waals surface area (Å²) in [7, 11) is 0. The lowest BCUT2D eigenvalue weighted by Gasteiger charge is -2.35. The Morgan fingerprint density at radius 2 is 1.87 bits per heavy atom. The lowest BCUT2D eigenvalue weighted by atomic mass is 9.86. The van der Waals surface area contributed by atoms with Crippen LogP contribution in [0.5, 0.6) is 0 Å². The average molecular weight is 215 g/mol. The molecular weight excluding hydrogens is 186 g/mol. The summed E-state index contributed by atoms with van der Waals surface area (Å²) in [5.74, 6) is 0.705. The van der Waals surface area contributed by atoms with E-state index in [1.165, 1.54) is 12.8 Å². The van der Waals surface area contributed by atoms with Crippen LogP contribution in [0.2, 0.25) is 0 Å². The van der Waals surface area contributed by atoms with E-state index in [2.05, 4.69) is 27.7 Å². The third-order valence-corrected chi connectivity index (χ3v) is 3.40. The van der Waals surface area contributed by atoms with E-state index in [0.29, 0.717) is 5.92 Å². The Bertz CT molecular complexity index is 161. The minimum Gasteiger partial charge on any atom is -0.374 e. The summed E-state index contributed by atoms with van der Waals surface area (Å²) in [4.78, 5) is 0. The number of nitrogens with two attached hydrogens (primary N) is 1. The first-order valence-corrected chi connectivity index (χ1v) is 6.39. The first-order valence-electron chi connectivity index (χ1n) is 6.39. The maximum atomic E-state index is 6.25. The van der Waals surface area contributed by atoms with E-state index >= 15 is 0 Å². The van der Waals surface area contributed by atoms with Crippen LogP contribution in [-0.4, -0.2) is 18.2 Å². The molecule has 0 aliphatic rings. The van der Waals surface area contributed by atoms with Crippen LogP contribution in [0.4, 0.5) is 0 Å². The van der Waals surface area contributed by atoms with E-state index in [1.807, 2.05) is 6.92 Å². The van der Waals surface area contributed by atoms with Crippen molar-refractivity contribution in [3.05, 3.63) is 0 Å². The van der Waals surface area contributed by atoms with Crippen LogP contribution < -0.4 is 5.73 Å². The minimum atomic E-state index is -0.142. The largest absolute Gasteiger partial charge is 0.374 e. The highest BCUT2D eigenvalue weighted by Gasteiger charge is 2.31. The topological polar surface area (TPSA) is 35.2 Å². The van der Waals surface area contributed by atoms with Crippen molar-refractivity contribution in [2.24, 2.45) is 11.7 Å². The average Bonchev–Trinajstić information content (AvgIpc) is 2.18. The van der Waals surface area contributed by atoms with Gasteiger partial charge in [0.2, 0.25) is 0 Å². The molecule has 0 amide bonds. The van der Waals surface area contributed by atoms with Gasteiger partial charge in [-0.15, -0.1) is 0 Å². The molecule has 0 fully saturated rings. The Balaban J connectivity index is 4.19. The van der Waals surface area contributed by atoms with Gasteiger partial charge >= 0.3 is 0 Å². The smallest absolute Gasteiger partial charge is 0.0801 e. The maximum absolute atomic E-state index is 6.25. The van der Waals surface area contributed by atoms with E-state index in [1.54, 1.807) is 0 Å². The van der Waals surface area contributed by atoms with Crippen LogP contribution in [-0.2, 0) is 4.74 Å². The van der Waals surface area contributed by atoms with Crippen molar-refractivity contribution in [1.82, 2.24) is 0 Å². The summed E-state index contributed by atoms with van der Waals surface area (Å²) in [5.41, 5.74) is 6.11. The monoisotopic (exact) mass is 215 g/mol. The highest BCUT2D eigenvalue weighted by molar-refractivity contribution is 4.87. The quantitative estimate of drug-likeness (QED) is 0.674. The first kappa shape index (κ1) is 14.9. The fraction of sp³-hybridized carbons (Fsp3) is 1.00. The molecule has 0 saturated carbocycles. The molecule has 0 aliphatic carbocycles. The molecule has 0 aliphatic heterocycles. The second-order valence-corrected chi connectivity index (χ2v) is 4.84. The summed E-state index contributed by atoms with van der Waals surface area (Å²) in [6, 6.07) is 0.156. The molecule has 3 atom stereocenters. The van der Waals surface area contributed by atoms with Crippen molar-refractivity contribution in [3.63, 3.8) is 0 Å². The molecule has 2 heteroatoms. The molecule has 15 heavy (non-hydrogen) atoms. The molecule has 0 aromatic carbocycles. The van der Waals surface area contributed by atoms with Gasteiger partial charge < -0.3 is 10.5 Å². The molecule has 0 heterocycles. The Kier molecular flexibility index (Phi) is 7.20. The van der Waals surface area contributed by atoms with Gasteiger partial charge in [0, 0.05) is 12.6 Å². The van der Waals surface area contributed by atoms with Gasteiger partial charge in [-0.25, -0.2) is 0 Å². The third kappa shape index (κ3) is 4.98. The van der Waals surface area contributed by atoms with Gasteiger partial charge in [0.05, 0.1) is 5.60 Å². The van der Waals surface area contributed by atoms with Gasteiger partial charge in [-0.1, -0.05) is 33.6 Å². The maximum Gasteiger partial charge on any atom is 0.0801 e. The molecule has 2 N–H and O–H groups in total. The van der Waals surface area contributed by atoms with Crippen LogP contribution in [0.3, 0.4) is 0 Å². The predicted octanol–water partition coefficient (Wildman–Crippen LogP) is 3.35. The van der Waals surface area contributed by atoms with Gasteiger partial charge in [0.1, 0.15) is 0 Å². The second-order valence-electron chi connectivity index (χ2n) is 4.84. The molecule has 0 rings (SSSR count). The van der Waals surface area contributed by atoms with Crippen LogP contribution in [0, 0.1) is 5.92 Å². The molecule has 92 valence electrons. The molecule has 0 saturated heterocycles. The van der Waals surface area contributed by atoms with Gasteiger partial charge in [-0.2, -0.15) is 0 Å². The van der Waals surface area contributed by atoms with E-state index in [4.69, 9.17) is 10.5 Å². The summed E-state index contributed by atoms with van der Waals surface area (Å²) in [5, 5.41) is 0. The minimum absolute atomic E-state index is 0.142. The second kappa shape index (κ2) is 7.24. The van der Waals surface area contributed by atoms with Crippen molar-refractivity contribution >= 4 is 0 Å². The van der Waals surface area contributed by atoms with Crippen molar-refractivity contribution in [1.29, 1.82) is 0 Å². The zero-order valence-electron chi connectivity index (χ0n) is 11.2. The Hall–Kier alpha value is -0.0800. The molecule has 0 bridgehead atoms. The zero-order chi connectivity index (χ0) is 11.9. The molecule has 0 spiro atoms. The summed E-state index contributed by atoms with van der Waals surface area (Å²) >= 11 is 0. The van der Waals surface area contributed by atoms with Crippen molar-refractivity contribution < 1.29 is 4.74 Å². The highest BCUT2D eigenvalue weighted by atomic mass is 16.5. The van der Waals surface area contributed by atoms with Gasteiger partial charge in [-0.3, -0.25) is 0 Å². The van der Waals surface area contributed by atoms with Crippen LogP contribution >= 0.6 is 0 Å². The fourth-order valence-corrected chi connectivity index (χ4v) is 2.09. The van der Waals surface area contributed by atoms with Crippen molar-refractivity contribution in [2.45, 2.75) is 71.9 Å². The summed E-state index contributed by atoms with van der Waals surface area (Å²) in [6.45, 7) is 11.6. The summed E-state index contributed by atoms with van der Waals surface area (Å²) < 4.78 is 5.79. The third-order valence-electron chi connectivity index (χ3n) is 3.40. The molecule has 0 aromatic heterocycles. The van der Waals surface area contributed by atoms with E-state index in [-0.39, 0.29) is 11.6 Å². The highest BCUT2D eigenvalue weighted by Crippen LogP contribution is 2.24. The fourth-order valence-electron chi connectivity index (χ4n) is 2.09. The Morgan fingerprint density at radius 1 is 1.27 bits per heavy atom. The molecule has 0 radical (unpaired) electrons. The van der Waals surface area contributed by atoms with Gasteiger partial charge in [0.15, 0.2) is 0 Å². The van der Waals surface area contributed by atoms with E-state index in [9.17, 15) is 0 Å². The molecule has 3 unspecified atom stereocenters. The van der Waals surface area contributed by atoms with Crippen LogP contribution in [0.15, 0.2) is 0 Å². The van der Waals surface area contributed by atoms with Crippen molar-refractivity contribution in [2.75, 3.05) is 6.61 Å². The van der Waals surface area contributed by atoms with E-state index < -0.39 is 0 Å². The number of rotatable bonds is 8. The Labute approximate surface area is 95.6 Å². The lowest BCUT2D eigenvalue weighted by molar-refractivity contribution is -0.0507. The predicted molar refractivity (Wildman–Crippen MR) is 67.0 cm³/mol. The zero-order valence-corrected chi connectivity index (χ0v) is 11.2.